The zero-order valence-corrected chi connectivity index (χ0v) is 13.9. The third-order valence-electron chi connectivity index (χ3n) is 4.48. The Labute approximate surface area is 149 Å². The number of aromatic nitrogens is 2. The van der Waals surface area contributed by atoms with Crippen molar-refractivity contribution in [3.05, 3.63) is 87.6 Å². The highest BCUT2D eigenvalue weighted by Gasteiger charge is 2.31. The Bertz CT molecular complexity index is 981. The van der Waals surface area contributed by atoms with E-state index in [1.807, 2.05) is 54.6 Å². The van der Waals surface area contributed by atoms with Gasteiger partial charge in [-0.2, -0.15) is 4.68 Å². The molecule has 0 saturated carbocycles. The predicted molar refractivity (Wildman–Crippen MR) is 96.2 cm³/mol. The molecule has 7 heteroatoms. The van der Waals surface area contributed by atoms with E-state index in [0.29, 0.717) is 13.1 Å². The van der Waals surface area contributed by atoms with Crippen LogP contribution in [-0.2, 0) is 13.0 Å². The number of carbonyl (C=O) groups is 1. The molecule has 0 fully saturated rings. The first kappa shape index (κ1) is 16.0. The van der Waals surface area contributed by atoms with Gasteiger partial charge in [-0.1, -0.05) is 48.5 Å². The number of hydrogen-bond donors (Lipinski definition) is 0. The van der Waals surface area contributed by atoms with Crippen LogP contribution in [0.4, 0.5) is 11.5 Å². The molecule has 0 bridgehead atoms. The first-order valence-corrected chi connectivity index (χ1v) is 8.29. The summed E-state index contributed by atoms with van der Waals surface area (Å²) < 4.78 is 1.41. The smallest absolute Gasteiger partial charge is 0.358 e. The van der Waals surface area contributed by atoms with Gasteiger partial charge in [-0.15, -0.1) is 0 Å². The number of anilines is 1. The van der Waals surface area contributed by atoms with Gasteiger partial charge >= 0.3 is 5.82 Å². The normalized spacial score (nSPS) is 12.8. The Balaban J connectivity index is 1.71. The topological polar surface area (TPSA) is 81.3 Å². The van der Waals surface area contributed by atoms with Crippen LogP contribution in [0.15, 0.2) is 60.7 Å². The Morgan fingerprint density at radius 3 is 2.62 bits per heavy atom. The van der Waals surface area contributed by atoms with Gasteiger partial charge < -0.3 is 15.0 Å². The molecule has 0 spiro atoms. The third kappa shape index (κ3) is 2.83. The number of nitro groups is 1. The van der Waals surface area contributed by atoms with Crippen molar-refractivity contribution in [3.63, 3.8) is 0 Å². The van der Waals surface area contributed by atoms with Crippen molar-refractivity contribution in [2.24, 2.45) is 0 Å². The highest BCUT2D eigenvalue weighted by molar-refractivity contribution is 6.06. The maximum absolute atomic E-state index is 13.1. The lowest BCUT2D eigenvalue weighted by Gasteiger charge is -2.16. The zero-order valence-electron chi connectivity index (χ0n) is 13.9. The van der Waals surface area contributed by atoms with Gasteiger partial charge in [0.1, 0.15) is 0 Å². The maximum atomic E-state index is 13.1. The SMILES string of the molecule is O=C(c1cc([N+](=O)[O-])nn1Cc1ccccc1)N1CCc2ccccc21. The monoisotopic (exact) mass is 348 g/mol. The average molecular weight is 348 g/mol. The summed E-state index contributed by atoms with van der Waals surface area (Å²) in [6.07, 6.45) is 0.775. The van der Waals surface area contributed by atoms with Crippen LogP contribution in [0.3, 0.4) is 0 Å². The molecule has 1 aliphatic heterocycles. The van der Waals surface area contributed by atoms with Crippen LogP contribution in [0.2, 0.25) is 0 Å². The van der Waals surface area contributed by atoms with Crippen molar-refractivity contribution in [1.29, 1.82) is 0 Å². The van der Waals surface area contributed by atoms with E-state index in [-0.39, 0.29) is 17.4 Å². The van der Waals surface area contributed by atoms with Gasteiger partial charge in [-0.25, -0.2) is 0 Å². The Hall–Kier alpha value is -3.48. The van der Waals surface area contributed by atoms with E-state index in [2.05, 4.69) is 5.10 Å². The third-order valence-corrected chi connectivity index (χ3v) is 4.48. The van der Waals surface area contributed by atoms with Crippen molar-refractivity contribution in [3.8, 4) is 0 Å². The molecule has 0 N–H and O–H groups in total. The number of amides is 1. The summed E-state index contributed by atoms with van der Waals surface area (Å²) in [5.74, 6) is -0.594. The van der Waals surface area contributed by atoms with E-state index < -0.39 is 4.92 Å². The first-order chi connectivity index (χ1) is 12.6. The summed E-state index contributed by atoms with van der Waals surface area (Å²) in [6, 6.07) is 18.4. The Kier molecular flexibility index (Phi) is 3.96. The second-order valence-corrected chi connectivity index (χ2v) is 6.12. The van der Waals surface area contributed by atoms with Gasteiger partial charge in [0.25, 0.3) is 5.91 Å². The van der Waals surface area contributed by atoms with E-state index in [1.54, 1.807) is 4.90 Å². The van der Waals surface area contributed by atoms with E-state index in [1.165, 1.54) is 10.7 Å². The molecule has 3 aromatic rings. The minimum absolute atomic E-state index is 0.220. The fourth-order valence-electron chi connectivity index (χ4n) is 3.23. The molecular weight excluding hydrogens is 332 g/mol. The molecule has 1 amide bonds. The van der Waals surface area contributed by atoms with E-state index >= 15 is 0 Å². The summed E-state index contributed by atoms with van der Waals surface area (Å²) in [4.78, 5) is 25.4. The van der Waals surface area contributed by atoms with Gasteiger partial charge in [0.15, 0.2) is 5.69 Å². The standard InChI is InChI=1S/C19H16N4O3/c24-19(21-11-10-15-8-4-5-9-16(15)21)17-12-18(23(25)26)20-22(17)13-14-6-2-1-3-7-14/h1-9,12H,10-11,13H2. The van der Waals surface area contributed by atoms with Crippen molar-refractivity contribution in [1.82, 2.24) is 9.78 Å². The van der Waals surface area contributed by atoms with E-state index in [4.69, 9.17) is 0 Å². The second-order valence-electron chi connectivity index (χ2n) is 6.12. The zero-order chi connectivity index (χ0) is 18.1. The van der Waals surface area contributed by atoms with Crippen LogP contribution in [0, 0.1) is 10.1 Å². The molecule has 26 heavy (non-hydrogen) atoms. The highest BCUT2D eigenvalue weighted by atomic mass is 16.6. The molecule has 0 unspecified atom stereocenters. The number of carbonyl (C=O) groups excluding carboxylic acids is 1. The lowest BCUT2D eigenvalue weighted by molar-refractivity contribution is -0.389. The van der Waals surface area contributed by atoms with Gasteiger partial charge in [0, 0.05) is 12.2 Å². The van der Waals surface area contributed by atoms with Crippen LogP contribution < -0.4 is 4.90 Å². The fourth-order valence-corrected chi connectivity index (χ4v) is 3.23. The first-order valence-electron chi connectivity index (χ1n) is 8.29. The molecule has 0 atom stereocenters. The maximum Gasteiger partial charge on any atom is 0.390 e. The van der Waals surface area contributed by atoms with Gasteiger partial charge in [0.05, 0.1) is 17.7 Å². The fraction of sp³-hybridized carbons (Fsp3) is 0.158. The average Bonchev–Trinajstić information content (AvgIpc) is 3.26. The summed E-state index contributed by atoms with van der Waals surface area (Å²) in [7, 11) is 0. The minimum atomic E-state index is -0.573. The van der Waals surface area contributed by atoms with Crippen LogP contribution in [0.25, 0.3) is 0 Å². The second kappa shape index (κ2) is 6.44. The largest absolute Gasteiger partial charge is 0.390 e. The van der Waals surface area contributed by atoms with Crippen molar-refractivity contribution >= 4 is 17.4 Å². The molecular formula is C19H16N4O3. The highest BCUT2D eigenvalue weighted by Crippen LogP contribution is 2.29. The molecule has 130 valence electrons. The molecule has 2 heterocycles. The number of fused-ring (bicyclic) bond motifs is 1. The predicted octanol–water partition coefficient (Wildman–Crippen LogP) is 3.04. The number of nitrogens with zero attached hydrogens (tertiary/aromatic N) is 4. The molecule has 7 nitrogen and oxygen atoms in total. The molecule has 0 saturated heterocycles. The van der Waals surface area contributed by atoms with Crippen molar-refractivity contribution in [2.45, 2.75) is 13.0 Å². The van der Waals surface area contributed by atoms with E-state index in [0.717, 1.165) is 23.2 Å². The summed E-state index contributed by atoms with van der Waals surface area (Å²) in [5, 5.41) is 15.2. The van der Waals surface area contributed by atoms with Crippen molar-refractivity contribution < 1.29 is 9.72 Å². The van der Waals surface area contributed by atoms with Crippen molar-refractivity contribution in [2.75, 3.05) is 11.4 Å². The summed E-state index contributed by atoms with van der Waals surface area (Å²) in [6.45, 7) is 0.855. The van der Waals surface area contributed by atoms with E-state index in [9.17, 15) is 14.9 Å². The molecule has 0 aliphatic carbocycles. The van der Waals surface area contributed by atoms with Crippen LogP contribution in [-0.4, -0.2) is 27.2 Å². The molecule has 1 aromatic heterocycles. The minimum Gasteiger partial charge on any atom is -0.358 e. The molecule has 1 aliphatic rings. The number of benzene rings is 2. The summed E-state index contributed by atoms with van der Waals surface area (Å²) in [5.41, 5.74) is 3.09. The van der Waals surface area contributed by atoms with Gasteiger partial charge in [0.2, 0.25) is 0 Å². The van der Waals surface area contributed by atoms with Crippen LogP contribution >= 0.6 is 0 Å². The van der Waals surface area contributed by atoms with Crippen LogP contribution in [0.1, 0.15) is 21.6 Å². The lowest BCUT2D eigenvalue weighted by atomic mass is 10.2. The Morgan fingerprint density at radius 2 is 1.85 bits per heavy atom. The number of para-hydroxylation sites is 1. The number of rotatable bonds is 4. The van der Waals surface area contributed by atoms with Gasteiger partial charge in [-0.3, -0.25) is 4.79 Å². The number of hydrogen-bond acceptors (Lipinski definition) is 4. The molecule has 4 rings (SSSR count). The Morgan fingerprint density at radius 1 is 1.12 bits per heavy atom. The van der Waals surface area contributed by atoms with Gasteiger partial charge in [-0.05, 0) is 28.5 Å². The molecule has 0 radical (unpaired) electrons. The van der Waals surface area contributed by atoms with Crippen LogP contribution in [0.5, 0.6) is 0 Å². The molecule has 2 aromatic carbocycles. The summed E-state index contributed by atoms with van der Waals surface area (Å²) >= 11 is 0. The quantitative estimate of drug-likeness (QED) is 0.536. The lowest BCUT2D eigenvalue weighted by Crippen LogP contribution is -2.31.